The minimum absolute atomic E-state index is 0.0284. The number of ketones is 1. The van der Waals surface area contributed by atoms with E-state index >= 15 is 0 Å². The van der Waals surface area contributed by atoms with Crippen LogP contribution in [0.5, 0.6) is 5.75 Å². The van der Waals surface area contributed by atoms with Crippen LogP contribution in [0.3, 0.4) is 0 Å². The number of carbonyl (C=O) groups is 4. The number of nitrogens with one attached hydrogen (secondary N) is 3. The first kappa shape index (κ1) is 51.8. The van der Waals surface area contributed by atoms with E-state index in [9.17, 15) is 29.5 Å². The van der Waals surface area contributed by atoms with E-state index in [-0.39, 0.29) is 61.1 Å². The van der Waals surface area contributed by atoms with Gasteiger partial charge in [-0.15, -0.1) is 11.5 Å². The van der Waals surface area contributed by atoms with Crippen LogP contribution in [0.25, 0.3) is 22.3 Å². The zero-order chi connectivity index (χ0) is 48.8. The number of methoxy groups -OCH3 is 1. The summed E-state index contributed by atoms with van der Waals surface area (Å²) < 4.78 is 28.6. The van der Waals surface area contributed by atoms with E-state index in [1.807, 2.05) is 30.3 Å². The first-order valence-corrected chi connectivity index (χ1v) is 23.1. The highest BCUT2D eigenvalue weighted by Gasteiger charge is 2.31. The van der Waals surface area contributed by atoms with E-state index in [1.54, 1.807) is 0 Å². The van der Waals surface area contributed by atoms with Crippen molar-refractivity contribution in [1.29, 1.82) is 5.26 Å². The van der Waals surface area contributed by atoms with Crippen LogP contribution in [-0.4, -0.2) is 200 Å². The van der Waals surface area contributed by atoms with Crippen LogP contribution in [0.4, 0.5) is 0 Å². The third-order valence-electron chi connectivity index (χ3n) is 11.7. The zero-order valence-electron chi connectivity index (χ0n) is 39.0. The average molecular weight is 952 g/mol. The van der Waals surface area contributed by atoms with Crippen molar-refractivity contribution in [3.63, 3.8) is 0 Å². The number of carbonyl (C=O) groups excluding carboxylic acids is 4. The number of hydrogen-bond acceptors (Lipinski definition) is 16. The number of pyridine rings is 1. The van der Waals surface area contributed by atoms with Gasteiger partial charge >= 0.3 is 0 Å². The van der Waals surface area contributed by atoms with Crippen LogP contribution in [0.1, 0.15) is 52.2 Å². The standard InChI is InChI=1S/C48H61N11O10/c1-3-23-66-25-27-68-29-30-69-28-26-67-24-21-57-19-17-56(18-20-57)14-7-13-50-46(62)39(12-22-60)54-47(63)44-53-34-59(55-44)45-42-41(40(65-2)33-52-45)38(32-51-42)43(61)48(64)58-15-10-36(11-16-58)37(31-49)35-8-5-4-6-9-35/h1,4-6,8-9,32-34,39,51,60H,7,10-30H2,2H3,(H,50,62)(H,54,63)/t39-/m1/s1. The van der Waals surface area contributed by atoms with Crippen molar-refractivity contribution < 1.29 is 48.0 Å². The number of aromatic nitrogens is 5. The van der Waals surface area contributed by atoms with Crippen molar-refractivity contribution in [2.24, 2.45) is 0 Å². The Bertz CT molecular complexity index is 2430. The largest absolute Gasteiger partial charge is 0.494 e. The smallest absolute Gasteiger partial charge is 0.295 e. The molecule has 3 amide bonds. The first-order chi connectivity index (χ1) is 33.8. The highest BCUT2D eigenvalue weighted by atomic mass is 16.6. The maximum atomic E-state index is 13.8. The number of H-pyrrole nitrogens is 1. The number of aliphatic hydroxyl groups excluding tert-OH is 1. The molecule has 0 aliphatic carbocycles. The Balaban J connectivity index is 0.926. The molecule has 2 fully saturated rings. The van der Waals surface area contributed by atoms with Crippen LogP contribution < -0.4 is 15.4 Å². The van der Waals surface area contributed by atoms with Gasteiger partial charge in [0.2, 0.25) is 11.7 Å². The minimum atomic E-state index is -1.05. The number of ether oxygens (including phenoxy) is 5. The summed E-state index contributed by atoms with van der Waals surface area (Å²) in [5.41, 5.74) is 2.69. The fourth-order valence-corrected chi connectivity index (χ4v) is 8.00. The van der Waals surface area contributed by atoms with Gasteiger partial charge in [0, 0.05) is 65.2 Å². The number of nitrogens with zero attached hydrogens (tertiary/aromatic N) is 8. The van der Waals surface area contributed by atoms with Gasteiger partial charge < -0.3 is 54.2 Å². The predicted octanol–water partition coefficient (Wildman–Crippen LogP) is 1.24. The molecule has 2 aliphatic rings. The Morgan fingerprint density at radius 1 is 0.899 bits per heavy atom. The molecule has 6 rings (SSSR count). The van der Waals surface area contributed by atoms with Crippen molar-refractivity contribution in [2.75, 3.05) is 125 Å². The van der Waals surface area contributed by atoms with Crippen LogP contribution in [0.15, 0.2) is 54.6 Å². The van der Waals surface area contributed by atoms with Gasteiger partial charge in [0.15, 0.2) is 5.82 Å². The lowest BCUT2D eigenvalue weighted by molar-refractivity contribution is -0.127. The molecule has 4 aromatic rings. The summed E-state index contributed by atoms with van der Waals surface area (Å²) >= 11 is 0. The summed E-state index contributed by atoms with van der Waals surface area (Å²) in [4.78, 5) is 71.7. The molecule has 69 heavy (non-hydrogen) atoms. The Hall–Kier alpha value is -6.56. The van der Waals surface area contributed by atoms with Crippen molar-refractivity contribution in [3.8, 4) is 30.0 Å². The number of aromatic amines is 1. The Kier molecular flexibility index (Phi) is 20.6. The highest BCUT2D eigenvalue weighted by Crippen LogP contribution is 2.33. The SMILES string of the molecule is C#CCOCCOCCOCCOCCN1CCN(CCCNC(=O)[C@@H](CCO)NC(=O)c2ncn(-c3ncc(OC)c4c(C(=O)C(=O)N5CCC(=C(C#N)c6ccccc6)CC5)c[nH]c34)n2)CC1. The minimum Gasteiger partial charge on any atom is -0.494 e. The summed E-state index contributed by atoms with van der Waals surface area (Å²) in [5.74, 6) is -0.116. The monoisotopic (exact) mass is 951 g/mol. The van der Waals surface area contributed by atoms with Crippen molar-refractivity contribution in [2.45, 2.75) is 31.7 Å². The van der Waals surface area contributed by atoms with Gasteiger partial charge in [0.1, 0.15) is 24.7 Å². The lowest BCUT2D eigenvalue weighted by Gasteiger charge is -2.34. The Morgan fingerprint density at radius 2 is 1.57 bits per heavy atom. The van der Waals surface area contributed by atoms with Gasteiger partial charge in [-0.05, 0) is 43.4 Å². The third-order valence-corrected chi connectivity index (χ3v) is 11.7. The normalized spacial score (nSPS) is 14.8. The number of terminal acetylenes is 1. The second-order valence-electron chi connectivity index (χ2n) is 16.2. The van der Waals surface area contributed by atoms with Crippen LogP contribution in [0, 0.1) is 23.7 Å². The summed E-state index contributed by atoms with van der Waals surface area (Å²) in [7, 11) is 1.41. The highest BCUT2D eigenvalue weighted by molar-refractivity contribution is 6.45. The number of Topliss-reactive ketones (excluding diaryl/α,β-unsaturated/α-hetero) is 1. The fraction of sp³-hybridized carbons (Fsp3) is 0.500. The Labute approximate surface area is 401 Å². The molecule has 0 spiro atoms. The molecule has 2 aliphatic heterocycles. The molecule has 0 saturated carbocycles. The van der Waals surface area contributed by atoms with Crippen molar-refractivity contribution in [3.05, 3.63) is 71.6 Å². The van der Waals surface area contributed by atoms with E-state index < -0.39 is 29.5 Å². The van der Waals surface area contributed by atoms with E-state index in [2.05, 4.69) is 52.5 Å². The van der Waals surface area contributed by atoms with Crippen molar-refractivity contribution in [1.82, 2.24) is 50.1 Å². The molecule has 1 aromatic carbocycles. The number of hydrogen-bond donors (Lipinski definition) is 4. The van der Waals surface area contributed by atoms with E-state index in [4.69, 9.17) is 30.1 Å². The topological polar surface area (TPSA) is 252 Å². The number of aliphatic hydroxyl groups is 1. The zero-order valence-corrected chi connectivity index (χ0v) is 39.0. The van der Waals surface area contributed by atoms with Gasteiger partial charge in [-0.25, -0.2) is 9.97 Å². The molecular weight excluding hydrogens is 891 g/mol. The van der Waals surface area contributed by atoms with Crippen LogP contribution in [0.2, 0.25) is 0 Å². The summed E-state index contributed by atoms with van der Waals surface area (Å²) in [6.07, 6.45) is 10.7. The molecule has 368 valence electrons. The second-order valence-corrected chi connectivity index (χ2v) is 16.2. The quantitative estimate of drug-likeness (QED) is 0.0216. The molecule has 0 radical (unpaired) electrons. The Morgan fingerprint density at radius 3 is 2.22 bits per heavy atom. The molecule has 1 atom stereocenters. The first-order valence-electron chi connectivity index (χ1n) is 23.1. The molecule has 3 aromatic heterocycles. The van der Waals surface area contributed by atoms with E-state index in [0.717, 1.165) is 50.4 Å². The van der Waals surface area contributed by atoms with Gasteiger partial charge in [-0.3, -0.25) is 24.1 Å². The molecular formula is C48H61N11O10. The number of likely N-dealkylation sites (tertiary alicyclic amines) is 1. The molecule has 0 bridgehead atoms. The van der Waals surface area contributed by atoms with Gasteiger partial charge in [0.05, 0.1) is 87.7 Å². The molecule has 5 heterocycles. The van der Waals surface area contributed by atoms with Crippen LogP contribution >= 0.6 is 0 Å². The molecule has 21 heteroatoms. The second kappa shape index (κ2) is 27.4. The summed E-state index contributed by atoms with van der Waals surface area (Å²) in [6, 6.07) is 10.6. The number of piperazine rings is 1. The average Bonchev–Trinajstić information content (AvgIpc) is 4.06. The maximum absolute atomic E-state index is 13.8. The van der Waals surface area contributed by atoms with E-state index in [1.165, 1.54) is 35.4 Å². The number of piperidine rings is 1. The molecule has 0 unspecified atom stereocenters. The van der Waals surface area contributed by atoms with Gasteiger partial charge in [0.25, 0.3) is 17.6 Å². The fourth-order valence-electron chi connectivity index (χ4n) is 8.00. The molecule has 4 N–H and O–H groups in total. The van der Waals surface area contributed by atoms with Crippen LogP contribution in [-0.2, 0) is 28.5 Å². The lowest BCUT2D eigenvalue weighted by atomic mass is 9.93. The van der Waals surface area contributed by atoms with Crippen molar-refractivity contribution >= 4 is 40.0 Å². The van der Waals surface area contributed by atoms with E-state index in [0.29, 0.717) is 83.1 Å². The summed E-state index contributed by atoms with van der Waals surface area (Å²) in [6.45, 7) is 9.67. The number of benzene rings is 1. The van der Waals surface area contributed by atoms with Gasteiger partial charge in [-0.1, -0.05) is 36.3 Å². The van der Waals surface area contributed by atoms with Gasteiger partial charge in [-0.2, -0.15) is 9.94 Å². The maximum Gasteiger partial charge on any atom is 0.295 e. The number of rotatable bonds is 27. The number of nitriles is 1. The predicted molar refractivity (Wildman–Crippen MR) is 252 cm³/mol. The third kappa shape index (κ3) is 14.7. The number of fused-ring (bicyclic) bond motifs is 1. The molecule has 21 nitrogen and oxygen atoms in total. The summed E-state index contributed by atoms with van der Waals surface area (Å²) in [5, 5.41) is 29.7. The molecule has 2 saturated heterocycles. The lowest BCUT2D eigenvalue weighted by Crippen LogP contribution is -2.49. The number of amides is 3. The number of allylic oxidation sites excluding steroid dienone is 1.